The lowest BCUT2D eigenvalue weighted by Gasteiger charge is -2.20. The highest BCUT2D eigenvalue weighted by atomic mass is 35.5. The third-order valence-electron chi connectivity index (χ3n) is 3.60. The minimum atomic E-state index is -0.267. The molecule has 3 rings (SSSR count). The van der Waals surface area contributed by atoms with E-state index in [9.17, 15) is 4.79 Å². The summed E-state index contributed by atoms with van der Waals surface area (Å²) in [7, 11) is 0. The van der Waals surface area contributed by atoms with Gasteiger partial charge in [0.1, 0.15) is 0 Å². The van der Waals surface area contributed by atoms with E-state index in [1.807, 2.05) is 79.9 Å². The number of carbonyl (C=O) groups is 1. The summed E-state index contributed by atoms with van der Waals surface area (Å²) in [5.41, 5.74) is 1.57. The summed E-state index contributed by atoms with van der Waals surface area (Å²) in [6, 6.07) is 17.3. The molecule has 0 unspecified atom stereocenters. The number of thioether (sulfide) groups is 1. The van der Waals surface area contributed by atoms with Crippen LogP contribution in [-0.4, -0.2) is 32.0 Å². The van der Waals surface area contributed by atoms with E-state index in [0.29, 0.717) is 10.2 Å². The Bertz CT molecular complexity index is 917. The quantitative estimate of drug-likeness (QED) is 0.636. The molecule has 0 aliphatic carbocycles. The van der Waals surface area contributed by atoms with Gasteiger partial charge in [-0.1, -0.05) is 53.7 Å². The summed E-state index contributed by atoms with van der Waals surface area (Å²) >= 11 is 7.39. The second-order valence-corrected chi connectivity index (χ2v) is 8.45. The van der Waals surface area contributed by atoms with Crippen molar-refractivity contribution in [3.05, 3.63) is 59.6 Å². The molecule has 5 nitrogen and oxygen atoms in total. The van der Waals surface area contributed by atoms with Crippen LogP contribution < -0.4 is 5.32 Å². The van der Waals surface area contributed by atoms with E-state index in [1.165, 1.54) is 11.8 Å². The Kier molecular flexibility index (Phi) is 5.87. The van der Waals surface area contributed by atoms with Gasteiger partial charge in [-0.3, -0.25) is 9.36 Å². The first kappa shape index (κ1) is 19.5. The van der Waals surface area contributed by atoms with Crippen LogP contribution in [0.2, 0.25) is 5.02 Å². The zero-order chi connectivity index (χ0) is 19.4. The highest BCUT2D eigenvalue weighted by Crippen LogP contribution is 2.28. The summed E-state index contributed by atoms with van der Waals surface area (Å²) in [6.45, 7) is 5.87. The van der Waals surface area contributed by atoms with Crippen LogP contribution in [0, 0.1) is 0 Å². The van der Waals surface area contributed by atoms with E-state index >= 15 is 0 Å². The van der Waals surface area contributed by atoms with Gasteiger partial charge in [0, 0.05) is 21.8 Å². The molecule has 0 saturated heterocycles. The highest BCUT2D eigenvalue weighted by Gasteiger charge is 2.19. The zero-order valence-electron chi connectivity index (χ0n) is 15.4. The van der Waals surface area contributed by atoms with Crippen LogP contribution in [0.15, 0.2) is 59.8 Å². The third-order valence-corrected chi connectivity index (χ3v) is 4.78. The van der Waals surface area contributed by atoms with Crippen LogP contribution in [0.4, 0.5) is 0 Å². The summed E-state index contributed by atoms with van der Waals surface area (Å²) in [5.74, 6) is 0.939. The molecule has 1 heterocycles. The monoisotopic (exact) mass is 400 g/mol. The van der Waals surface area contributed by atoms with Crippen LogP contribution in [0.25, 0.3) is 17.1 Å². The second kappa shape index (κ2) is 8.15. The van der Waals surface area contributed by atoms with E-state index in [-0.39, 0.29) is 17.2 Å². The molecule has 0 fully saturated rings. The van der Waals surface area contributed by atoms with Crippen molar-refractivity contribution in [2.24, 2.45) is 0 Å². The minimum absolute atomic E-state index is 0.0422. The van der Waals surface area contributed by atoms with Crippen molar-refractivity contribution < 1.29 is 4.79 Å². The van der Waals surface area contributed by atoms with Gasteiger partial charge < -0.3 is 5.32 Å². The van der Waals surface area contributed by atoms with Gasteiger partial charge in [-0.05, 0) is 45.0 Å². The smallest absolute Gasteiger partial charge is 0.230 e. The molecular weight excluding hydrogens is 380 g/mol. The summed E-state index contributed by atoms with van der Waals surface area (Å²) in [6.07, 6.45) is 0. The molecule has 1 N–H and O–H groups in total. The minimum Gasteiger partial charge on any atom is -0.351 e. The number of nitrogens with zero attached hydrogens (tertiary/aromatic N) is 3. The molecule has 3 aromatic rings. The van der Waals surface area contributed by atoms with Crippen LogP contribution >= 0.6 is 23.4 Å². The molecule has 1 amide bonds. The topological polar surface area (TPSA) is 59.8 Å². The third kappa shape index (κ3) is 5.11. The van der Waals surface area contributed by atoms with Crippen molar-refractivity contribution in [1.29, 1.82) is 0 Å². The van der Waals surface area contributed by atoms with Gasteiger partial charge >= 0.3 is 0 Å². The Labute approximate surface area is 168 Å². The van der Waals surface area contributed by atoms with Crippen LogP contribution in [0.3, 0.4) is 0 Å². The fourth-order valence-electron chi connectivity index (χ4n) is 2.54. The first-order valence-electron chi connectivity index (χ1n) is 8.54. The molecule has 2 aromatic carbocycles. The van der Waals surface area contributed by atoms with Gasteiger partial charge in [0.25, 0.3) is 0 Å². The van der Waals surface area contributed by atoms with Crippen molar-refractivity contribution in [3.8, 4) is 17.1 Å². The number of halogens is 1. The fourth-order valence-corrected chi connectivity index (χ4v) is 3.42. The molecule has 0 aliphatic heterocycles. The molecule has 0 bridgehead atoms. The fraction of sp³-hybridized carbons (Fsp3) is 0.250. The van der Waals surface area contributed by atoms with Crippen molar-refractivity contribution in [2.45, 2.75) is 31.5 Å². The highest BCUT2D eigenvalue weighted by molar-refractivity contribution is 7.99. The molecule has 27 heavy (non-hydrogen) atoms. The average molecular weight is 401 g/mol. The lowest BCUT2D eigenvalue weighted by molar-refractivity contribution is -0.119. The first-order valence-corrected chi connectivity index (χ1v) is 9.90. The van der Waals surface area contributed by atoms with Gasteiger partial charge in [0.05, 0.1) is 5.75 Å². The normalized spacial score (nSPS) is 11.4. The summed E-state index contributed by atoms with van der Waals surface area (Å²) < 4.78 is 1.95. The van der Waals surface area contributed by atoms with Gasteiger partial charge in [-0.15, -0.1) is 10.2 Å². The van der Waals surface area contributed by atoms with Gasteiger partial charge in [-0.2, -0.15) is 0 Å². The van der Waals surface area contributed by atoms with Crippen LogP contribution in [-0.2, 0) is 4.79 Å². The number of carbonyl (C=O) groups excluding carboxylic acids is 1. The molecule has 1 aromatic heterocycles. The Balaban J connectivity index is 1.93. The SMILES string of the molecule is CC(C)(C)NC(=O)CSc1nnc(-c2ccccc2)n1-c1ccc(Cl)cc1. The molecule has 0 aliphatic rings. The first-order chi connectivity index (χ1) is 12.8. The van der Waals surface area contributed by atoms with Crippen LogP contribution in [0.5, 0.6) is 0 Å². The van der Waals surface area contributed by atoms with Crippen molar-refractivity contribution in [2.75, 3.05) is 5.75 Å². The molecule has 140 valence electrons. The number of aromatic nitrogens is 3. The number of rotatable bonds is 5. The summed E-state index contributed by atoms with van der Waals surface area (Å²) in [5, 5.41) is 13.0. The number of hydrogen-bond donors (Lipinski definition) is 1. The Morgan fingerprint density at radius 3 is 2.37 bits per heavy atom. The lowest BCUT2D eigenvalue weighted by atomic mass is 10.1. The van der Waals surface area contributed by atoms with E-state index in [4.69, 9.17) is 11.6 Å². The van der Waals surface area contributed by atoms with E-state index in [0.717, 1.165) is 17.1 Å². The largest absolute Gasteiger partial charge is 0.351 e. The molecule has 0 saturated carbocycles. The predicted molar refractivity (Wildman–Crippen MR) is 110 cm³/mol. The van der Waals surface area contributed by atoms with Crippen LogP contribution in [0.1, 0.15) is 20.8 Å². The Hall–Kier alpha value is -2.31. The van der Waals surface area contributed by atoms with Gasteiger partial charge in [-0.25, -0.2) is 0 Å². The molecular formula is C20H21ClN4OS. The maximum atomic E-state index is 12.2. The Morgan fingerprint density at radius 2 is 1.74 bits per heavy atom. The Morgan fingerprint density at radius 1 is 1.07 bits per heavy atom. The van der Waals surface area contributed by atoms with Gasteiger partial charge in [0.2, 0.25) is 5.91 Å². The van der Waals surface area contributed by atoms with Crippen molar-refractivity contribution in [1.82, 2.24) is 20.1 Å². The van der Waals surface area contributed by atoms with Gasteiger partial charge in [0.15, 0.2) is 11.0 Å². The summed E-state index contributed by atoms with van der Waals surface area (Å²) in [4.78, 5) is 12.2. The number of amides is 1. The van der Waals surface area contributed by atoms with Crippen molar-refractivity contribution >= 4 is 29.3 Å². The molecule has 0 atom stereocenters. The molecule has 0 radical (unpaired) electrons. The average Bonchev–Trinajstić information content (AvgIpc) is 3.04. The molecule has 0 spiro atoms. The predicted octanol–water partition coefficient (Wildman–Crippen LogP) is 4.59. The van der Waals surface area contributed by atoms with E-state index in [2.05, 4.69) is 15.5 Å². The maximum absolute atomic E-state index is 12.2. The van der Waals surface area contributed by atoms with E-state index < -0.39 is 0 Å². The zero-order valence-corrected chi connectivity index (χ0v) is 17.0. The number of benzene rings is 2. The number of hydrogen-bond acceptors (Lipinski definition) is 4. The lowest BCUT2D eigenvalue weighted by Crippen LogP contribution is -2.41. The maximum Gasteiger partial charge on any atom is 0.230 e. The standard InChI is InChI=1S/C20H21ClN4OS/c1-20(2,3)22-17(26)13-27-19-24-23-18(14-7-5-4-6-8-14)25(19)16-11-9-15(21)10-12-16/h4-12H,13H2,1-3H3,(H,22,26). The molecule has 7 heteroatoms. The second-order valence-electron chi connectivity index (χ2n) is 7.07. The number of nitrogens with one attached hydrogen (secondary N) is 1. The van der Waals surface area contributed by atoms with Crippen molar-refractivity contribution in [3.63, 3.8) is 0 Å². The van der Waals surface area contributed by atoms with E-state index in [1.54, 1.807) is 0 Å².